The summed E-state index contributed by atoms with van der Waals surface area (Å²) in [6.07, 6.45) is 3.83. The number of nitrogens with zero attached hydrogens (tertiary/aromatic N) is 3. The molecule has 1 aliphatic rings. The molecule has 1 fully saturated rings. The quantitative estimate of drug-likeness (QED) is 0.881. The van der Waals surface area contributed by atoms with E-state index in [-0.39, 0.29) is 11.9 Å². The van der Waals surface area contributed by atoms with Crippen LogP contribution in [-0.4, -0.2) is 47.0 Å². The van der Waals surface area contributed by atoms with Gasteiger partial charge in [-0.25, -0.2) is 4.98 Å². The molecule has 122 valence electrons. The summed E-state index contributed by atoms with van der Waals surface area (Å²) in [6.45, 7) is 3.72. The molecule has 23 heavy (non-hydrogen) atoms. The monoisotopic (exact) mass is 313 g/mol. The van der Waals surface area contributed by atoms with Crippen LogP contribution < -0.4 is 10.6 Å². The largest absolute Gasteiger partial charge is 0.355 e. The number of aromatic nitrogens is 2. The summed E-state index contributed by atoms with van der Waals surface area (Å²) >= 11 is 0. The van der Waals surface area contributed by atoms with Crippen LogP contribution in [0.2, 0.25) is 0 Å². The van der Waals surface area contributed by atoms with E-state index in [2.05, 4.69) is 25.1 Å². The normalized spacial score (nSPS) is 18.8. The lowest BCUT2D eigenvalue weighted by Gasteiger charge is -2.35. The Morgan fingerprint density at radius 2 is 2.17 bits per heavy atom. The Bertz CT molecular complexity index is 664. The van der Waals surface area contributed by atoms with Crippen LogP contribution in [0.3, 0.4) is 0 Å². The van der Waals surface area contributed by atoms with Gasteiger partial charge >= 0.3 is 0 Å². The van der Waals surface area contributed by atoms with Gasteiger partial charge in [0.05, 0.1) is 6.04 Å². The van der Waals surface area contributed by atoms with E-state index in [1.807, 2.05) is 43.7 Å². The van der Waals surface area contributed by atoms with Crippen LogP contribution in [0.5, 0.6) is 0 Å². The van der Waals surface area contributed by atoms with Crippen molar-refractivity contribution in [3.63, 3.8) is 0 Å². The molecule has 0 aliphatic carbocycles. The van der Waals surface area contributed by atoms with Crippen molar-refractivity contribution >= 4 is 5.91 Å². The molecule has 6 nitrogen and oxygen atoms in total. The second kappa shape index (κ2) is 6.93. The fourth-order valence-electron chi connectivity index (χ4n) is 3.03. The third-order valence-electron chi connectivity index (χ3n) is 4.34. The third-order valence-corrected chi connectivity index (χ3v) is 4.34. The number of carbonyl (C=O) groups excluding carboxylic acids is 1. The molecule has 3 rings (SSSR count). The highest BCUT2D eigenvalue weighted by Gasteiger charge is 2.26. The highest BCUT2D eigenvalue weighted by atomic mass is 16.1. The van der Waals surface area contributed by atoms with Crippen molar-refractivity contribution in [2.24, 2.45) is 7.05 Å². The SMILES string of the molecule is CNC(=O)c1ccc(CN2CCNCC2c2nccn2C)cc1. The van der Waals surface area contributed by atoms with Crippen molar-refractivity contribution in [1.29, 1.82) is 0 Å². The molecule has 0 bridgehead atoms. The van der Waals surface area contributed by atoms with Gasteiger partial charge in [0.15, 0.2) is 0 Å². The van der Waals surface area contributed by atoms with E-state index in [1.165, 1.54) is 5.56 Å². The third kappa shape index (κ3) is 3.43. The Labute approximate surface area is 136 Å². The standard InChI is InChI=1S/C17H23N5O/c1-18-17(23)14-5-3-13(4-6-14)12-22-10-7-19-11-15(22)16-20-8-9-21(16)2/h3-6,8-9,15,19H,7,10-12H2,1-2H3,(H,18,23). The lowest BCUT2D eigenvalue weighted by molar-refractivity contribution is 0.0963. The minimum Gasteiger partial charge on any atom is -0.355 e. The second-order valence-electron chi connectivity index (χ2n) is 5.86. The Kier molecular flexibility index (Phi) is 4.73. The fourth-order valence-corrected chi connectivity index (χ4v) is 3.03. The summed E-state index contributed by atoms with van der Waals surface area (Å²) < 4.78 is 2.08. The molecular weight excluding hydrogens is 290 g/mol. The van der Waals surface area contributed by atoms with Crippen LogP contribution in [-0.2, 0) is 13.6 Å². The summed E-state index contributed by atoms with van der Waals surface area (Å²) in [5.74, 6) is 1.03. The Balaban J connectivity index is 1.74. The summed E-state index contributed by atoms with van der Waals surface area (Å²) in [5.41, 5.74) is 1.90. The molecule has 0 spiro atoms. The molecule has 1 aliphatic heterocycles. The van der Waals surface area contributed by atoms with Crippen molar-refractivity contribution in [3.8, 4) is 0 Å². The number of piperazine rings is 1. The van der Waals surface area contributed by atoms with Crippen molar-refractivity contribution in [2.75, 3.05) is 26.7 Å². The van der Waals surface area contributed by atoms with Gasteiger partial charge in [-0.2, -0.15) is 0 Å². The van der Waals surface area contributed by atoms with Crippen LogP contribution in [0.4, 0.5) is 0 Å². The molecule has 6 heteroatoms. The van der Waals surface area contributed by atoms with E-state index in [0.29, 0.717) is 5.56 Å². The van der Waals surface area contributed by atoms with Gasteiger partial charge in [-0.15, -0.1) is 0 Å². The number of benzene rings is 1. The average Bonchev–Trinajstić information content (AvgIpc) is 3.01. The number of aryl methyl sites for hydroxylation is 1. The Morgan fingerprint density at radius 1 is 1.39 bits per heavy atom. The summed E-state index contributed by atoms with van der Waals surface area (Å²) in [4.78, 5) is 18.6. The van der Waals surface area contributed by atoms with Crippen LogP contribution in [0.1, 0.15) is 27.8 Å². The molecule has 1 aromatic heterocycles. The first-order valence-corrected chi connectivity index (χ1v) is 7.92. The molecule has 1 amide bonds. The molecule has 1 aromatic carbocycles. The Morgan fingerprint density at radius 3 is 2.83 bits per heavy atom. The van der Waals surface area contributed by atoms with E-state index in [9.17, 15) is 4.79 Å². The number of nitrogens with one attached hydrogen (secondary N) is 2. The zero-order valence-electron chi connectivity index (χ0n) is 13.6. The van der Waals surface area contributed by atoms with Crippen molar-refractivity contribution < 1.29 is 4.79 Å². The maximum absolute atomic E-state index is 11.6. The van der Waals surface area contributed by atoms with Gasteiger partial charge < -0.3 is 15.2 Å². The number of imidazole rings is 1. The van der Waals surface area contributed by atoms with E-state index >= 15 is 0 Å². The number of carbonyl (C=O) groups is 1. The van der Waals surface area contributed by atoms with E-state index < -0.39 is 0 Å². The average molecular weight is 313 g/mol. The van der Waals surface area contributed by atoms with Gasteiger partial charge in [0.1, 0.15) is 5.82 Å². The molecule has 0 radical (unpaired) electrons. The van der Waals surface area contributed by atoms with E-state index in [0.717, 1.165) is 32.0 Å². The highest BCUT2D eigenvalue weighted by Crippen LogP contribution is 2.22. The van der Waals surface area contributed by atoms with Gasteiger partial charge in [0.25, 0.3) is 5.91 Å². The maximum Gasteiger partial charge on any atom is 0.251 e. The molecule has 1 unspecified atom stereocenters. The number of hydrogen-bond donors (Lipinski definition) is 2. The van der Waals surface area contributed by atoms with Gasteiger partial charge in [-0.1, -0.05) is 12.1 Å². The minimum absolute atomic E-state index is 0.0513. The van der Waals surface area contributed by atoms with Crippen molar-refractivity contribution in [2.45, 2.75) is 12.6 Å². The van der Waals surface area contributed by atoms with Gasteiger partial charge in [0.2, 0.25) is 0 Å². The number of amides is 1. The zero-order chi connectivity index (χ0) is 16.2. The number of hydrogen-bond acceptors (Lipinski definition) is 4. The molecular formula is C17H23N5O. The lowest BCUT2D eigenvalue weighted by atomic mass is 10.1. The first kappa shape index (κ1) is 15.7. The topological polar surface area (TPSA) is 62.2 Å². The molecule has 0 saturated carbocycles. The van der Waals surface area contributed by atoms with Crippen molar-refractivity contribution in [1.82, 2.24) is 25.1 Å². The molecule has 2 aromatic rings. The first-order valence-electron chi connectivity index (χ1n) is 7.92. The minimum atomic E-state index is -0.0513. The molecule has 2 N–H and O–H groups in total. The predicted octanol–water partition coefficient (Wildman–Crippen LogP) is 0.926. The first-order chi connectivity index (χ1) is 11.2. The van der Waals surface area contributed by atoms with Crippen LogP contribution in [0.25, 0.3) is 0 Å². The van der Waals surface area contributed by atoms with Gasteiger partial charge in [0, 0.05) is 58.2 Å². The highest BCUT2D eigenvalue weighted by molar-refractivity contribution is 5.93. The maximum atomic E-state index is 11.6. The van der Waals surface area contributed by atoms with Crippen LogP contribution in [0, 0.1) is 0 Å². The summed E-state index contributed by atoms with van der Waals surface area (Å²) in [7, 11) is 3.68. The lowest BCUT2D eigenvalue weighted by Crippen LogP contribution is -2.46. The van der Waals surface area contributed by atoms with Crippen LogP contribution in [0.15, 0.2) is 36.7 Å². The Hall–Kier alpha value is -2.18. The van der Waals surface area contributed by atoms with E-state index in [4.69, 9.17) is 0 Å². The molecule has 1 atom stereocenters. The predicted molar refractivity (Wildman–Crippen MR) is 89.1 cm³/mol. The zero-order valence-corrected chi connectivity index (χ0v) is 13.6. The summed E-state index contributed by atoms with van der Waals surface area (Å²) in [6, 6.07) is 8.09. The van der Waals surface area contributed by atoms with Gasteiger partial charge in [-0.05, 0) is 17.7 Å². The number of rotatable bonds is 4. The van der Waals surface area contributed by atoms with Crippen LogP contribution >= 0.6 is 0 Å². The van der Waals surface area contributed by atoms with Crippen molar-refractivity contribution in [3.05, 3.63) is 53.6 Å². The molecule has 1 saturated heterocycles. The smallest absolute Gasteiger partial charge is 0.251 e. The fraction of sp³-hybridized carbons (Fsp3) is 0.412. The molecule has 2 heterocycles. The van der Waals surface area contributed by atoms with E-state index in [1.54, 1.807) is 7.05 Å². The second-order valence-corrected chi connectivity index (χ2v) is 5.86. The van der Waals surface area contributed by atoms with Gasteiger partial charge in [-0.3, -0.25) is 9.69 Å². The summed E-state index contributed by atoms with van der Waals surface area (Å²) in [5, 5.41) is 6.10.